The molecule has 0 radical (unpaired) electrons. The average Bonchev–Trinajstić information content (AvgIpc) is 2.78. The topological polar surface area (TPSA) is 44.5 Å². The van der Waals surface area contributed by atoms with Crippen LogP contribution in [0.5, 0.6) is 11.5 Å². The third-order valence-electron chi connectivity index (χ3n) is 6.09. The van der Waals surface area contributed by atoms with Gasteiger partial charge in [0.05, 0.1) is 6.61 Å². The third-order valence-corrected chi connectivity index (χ3v) is 6.09. The van der Waals surface area contributed by atoms with E-state index in [0.717, 1.165) is 18.8 Å². The molecule has 3 rings (SSSR count). The van der Waals surface area contributed by atoms with Gasteiger partial charge in [0, 0.05) is 10.8 Å². The Hall–Kier alpha value is -2.78. The lowest BCUT2D eigenvalue weighted by atomic mass is 9.74. The fourth-order valence-electron chi connectivity index (χ4n) is 3.77. The molecule has 158 valence electrons. The molecule has 0 aliphatic carbocycles. The van der Waals surface area contributed by atoms with Gasteiger partial charge in [-0.25, -0.2) is 0 Å². The lowest BCUT2D eigenvalue weighted by Gasteiger charge is -2.29. The Morgan fingerprint density at radius 2 is 0.933 bits per heavy atom. The maximum absolute atomic E-state index is 5.72. The van der Waals surface area contributed by atoms with E-state index in [0.29, 0.717) is 5.75 Å². The van der Waals surface area contributed by atoms with E-state index >= 15 is 0 Å². The molecule has 0 aliphatic rings. The number of hydrogen-bond donors (Lipinski definition) is 1. The Bertz CT molecular complexity index is 940. The van der Waals surface area contributed by atoms with Gasteiger partial charge in [-0.1, -0.05) is 83.1 Å². The van der Waals surface area contributed by atoms with Crippen molar-refractivity contribution >= 4 is 0 Å². The van der Waals surface area contributed by atoms with Crippen molar-refractivity contribution in [1.82, 2.24) is 0 Å². The molecule has 0 aliphatic heterocycles. The smallest absolute Gasteiger partial charge is 0.146 e. The fourth-order valence-corrected chi connectivity index (χ4v) is 3.77. The molecule has 3 aromatic rings. The van der Waals surface area contributed by atoms with Crippen LogP contribution in [0.15, 0.2) is 72.8 Å². The predicted molar refractivity (Wildman–Crippen MR) is 124 cm³/mol. The highest BCUT2D eigenvalue weighted by atomic mass is 16.6. The van der Waals surface area contributed by atoms with Gasteiger partial charge in [0.25, 0.3) is 0 Å². The second-order valence-electron chi connectivity index (χ2n) is 8.84. The van der Waals surface area contributed by atoms with Gasteiger partial charge >= 0.3 is 0 Å². The van der Waals surface area contributed by atoms with Gasteiger partial charge in [0.1, 0.15) is 11.5 Å². The van der Waals surface area contributed by atoms with Crippen LogP contribution < -0.4 is 15.5 Å². The van der Waals surface area contributed by atoms with Gasteiger partial charge in [0.2, 0.25) is 0 Å². The second-order valence-corrected chi connectivity index (χ2v) is 8.84. The lowest BCUT2D eigenvalue weighted by molar-refractivity contribution is 0.317. The van der Waals surface area contributed by atoms with Gasteiger partial charge in [-0.3, -0.25) is 0 Å². The molecule has 0 fully saturated rings. The molecule has 0 spiro atoms. The van der Waals surface area contributed by atoms with Crippen molar-refractivity contribution in [2.75, 3.05) is 6.61 Å². The van der Waals surface area contributed by atoms with Crippen LogP contribution in [0.3, 0.4) is 0 Å². The van der Waals surface area contributed by atoms with E-state index in [2.05, 4.69) is 95.3 Å². The Labute approximate surface area is 180 Å². The minimum absolute atomic E-state index is 0.0912. The fraction of sp³-hybridized carbons (Fsp3) is 0.333. The summed E-state index contributed by atoms with van der Waals surface area (Å²) in [4.78, 5) is 4.80. The summed E-state index contributed by atoms with van der Waals surface area (Å²) in [5.74, 6) is 6.84. The monoisotopic (exact) mass is 403 g/mol. The molecule has 0 saturated carbocycles. The van der Waals surface area contributed by atoms with Crippen molar-refractivity contribution < 1.29 is 9.57 Å². The van der Waals surface area contributed by atoms with Crippen LogP contribution in [0, 0.1) is 0 Å². The average molecular weight is 404 g/mol. The molecule has 3 heteroatoms. The van der Waals surface area contributed by atoms with E-state index in [1.807, 2.05) is 12.1 Å². The SMILES string of the molecule is CCCOc1ccc(C(C)(C)c2ccc(C(C)(C)c3ccc(ON)cc3)cc2)cc1. The van der Waals surface area contributed by atoms with Gasteiger partial charge in [-0.05, 0) is 52.9 Å². The van der Waals surface area contributed by atoms with Crippen molar-refractivity contribution in [2.45, 2.75) is 51.9 Å². The van der Waals surface area contributed by atoms with Crippen molar-refractivity contribution in [2.24, 2.45) is 5.90 Å². The summed E-state index contributed by atoms with van der Waals surface area (Å²) in [5, 5.41) is 0. The molecule has 30 heavy (non-hydrogen) atoms. The first-order valence-corrected chi connectivity index (χ1v) is 10.6. The molecule has 0 heterocycles. The van der Waals surface area contributed by atoms with Crippen molar-refractivity contribution in [3.8, 4) is 11.5 Å². The summed E-state index contributed by atoms with van der Waals surface area (Å²) < 4.78 is 5.72. The minimum Gasteiger partial charge on any atom is -0.494 e. The predicted octanol–water partition coefficient (Wildman–Crippen LogP) is 6.38. The molecule has 0 saturated heterocycles. The maximum atomic E-state index is 5.72. The molecule has 3 aromatic carbocycles. The van der Waals surface area contributed by atoms with Crippen molar-refractivity contribution in [3.63, 3.8) is 0 Å². The second kappa shape index (κ2) is 8.93. The van der Waals surface area contributed by atoms with E-state index in [9.17, 15) is 0 Å². The highest BCUT2D eigenvalue weighted by Gasteiger charge is 2.26. The Balaban J connectivity index is 1.82. The Kier molecular flexibility index (Phi) is 6.52. The van der Waals surface area contributed by atoms with Crippen LogP contribution in [0.1, 0.15) is 63.3 Å². The number of hydrogen-bond acceptors (Lipinski definition) is 3. The summed E-state index contributed by atoms with van der Waals surface area (Å²) in [5.41, 5.74) is 4.84. The highest BCUT2D eigenvalue weighted by molar-refractivity contribution is 5.44. The van der Waals surface area contributed by atoms with Gasteiger partial charge in [-0.15, -0.1) is 0 Å². The summed E-state index contributed by atoms with van der Waals surface area (Å²) >= 11 is 0. The molecule has 0 unspecified atom stereocenters. The van der Waals surface area contributed by atoms with Gasteiger partial charge < -0.3 is 9.57 Å². The standard InChI is InChI=1S/C27H33NO2/c1-6-19-29-24-15-11-22(12-16-24)26(2,3)20-7-9-21(10-8-20)27(4,5)23-13-17-25(30-28)18-14-23/h7-18H,6,19,28H2,1-5H3. The largest absolute Gasteiger partial charge is 0.494 e. The quantitative estimate of drug-likeness (QED) is 0.444. The number of benzene rings is 3. The summed E-state index contributed by atoms with van der Waals surface area (Å²) in [6, 6.07) is 25.4. The van der Waals surface area contributed by atoms with E-state index in [4.69, 9.17) is 15.5 Å². The maximum Gasteiger partial charge on any atom is 0.146 e. The number of nitrogens with two attached hydrogens (primary N) is 1. The molecular weight excluding hydrogens is 370 g/mol. The first-order valence-electron chi connectivity index (χ1n) is 10.6. The van der Waals surface area contributed by atoms with Crippen LogP contribution in [-0.4, -0.2) is 6.61 Å². The zero-order valence-electron chi connectivity index (χ0n) is 18.7. The van der Waals surface area contributed by atoms with Crippen molar-refractivity contribution in [3.05, 3.63) is 95.1 Å². The number of ether oxygens (including phenoxy) is 1. The van der Waals surface area contributed by atoms with E-state index in [1.165, 1.54) is 22.3 Å². The minimum atomic E-state index is -0.117. The first-order chi connectivity index (χ1) is 14.3. The first kappa shape index (κ1) is 21.9. The molecule has 0 bridgehead atoms. The van der Waals surface area contributed by atoms with Crippen LogP contribution in [0.2, 0.25) is 0 Å². The van der Waals surface area contributed by atoms with Crippen LogP contribution in [0.25, 0.3) is 0 Å². The normalized spacial score (nSPS) is 11.9. The van der Waals surface area contributed by atoms with Crippen LogP contribution in [0.4, 0.5) is 0 Å². The van der Waals surface area contributed by atoms with Gasteiger partial charge in [0.15, 0.2) is 0 Å². The summed E-state index contributed by atoms with van der Waals surface area (Å²) in [6.45, 7) is 11.9. The molecule has 3 nitrogen and oxygen atoms in total. The summed E-state index contributed by atoms with van der Waals surface area (Å²) in [6.07, 6.45) is 1.01. The van der Waals surface area contributed by atoms with Crippen LogP contribution >= 0.6 is 0 Å². The third kappa shape index (κ3) is 4.52. The highest BCUT2D eigenvalue weighted by Crippen LogP contribution is 2.36. The van der Waals surface area contributed by atoms with E-state index in [1.54, 1.807) is 0 Å². The molecule has 0 aromatic heterocycles. The number of rotatable bonds is 8. The Morgan fingerprint density at radius 3 is 1.27 bits per heavy atom. The molecule has 2 N–H and O–H groups in total. The molecule has 0 atom stereocenters. The Morgan fingerprint density at radius 1 is 0.600 bits per heavy atom. The molecular formula is C27H33NO2. The van der Waals surface area contributed by atoms with Gasteiger partial charge in [-0.2, -0.15) is 5.90 Å². The van der Waals surface area contributed by atoms with E-state index < -0.39 is 0 Å². The zero-order valence-corrected chi connectivity index (χ0v) is 18.7. The lowest BCUT2D eigenvalue weighted by Crippen LogP contribution is -2.21. The molecule has 0 amide bonds. The summed E-state index contributed by atoms with van der Waals surface area (Å²) in [7, 11) is 0. The van der Waals surface area contributed by atoms with Crippen molar-refractivity contribution in [1.29, 1.82) is 0 Å². The van der Waals surface area contributed by atoms with E-state index in [-0.39, 0.29) is 10.8 Å². The zero-order chi connectivity index (χ0) is 21.8. The van der Waals surface area contributed by atoms with Crippen LogP contribution in [-0.2, 0) is 10.8 Å².